The topological polar surface area (TPSA) is 98.9 Å². The van der Waals surface area contributed by atoms with Gasteiger partial charge in [0.25, 0.3) is 0 Å². The first-order valence-electron chi connectivity index (χ1n) is 5.98. The number of rotatable bonds is 3. The molecule has 0 bridgehead atoms. The van der Waals surface area contributed by atoms with E-state index >= 15 is 0 Å². The summed E-state index contributed by atoms with van der Waals surface area (Å²) in [4.78, 5) is 25.7. The van der Waals surface area contributed by atoms with Crippen LogP contribution in [0.4, 0.5) is 10.7 Å². The Morgan fingerprint density at radius 3 is 2.63 bits per heavy atom. The first-order valence-corrected chi connectivity index (χ1v) is 5.98. The molecule has 0 unspecified atom stereocenters. The van der Waals surface area contributed by atoms with E-state index in [1.807, 2.05) is 4.90 Å². The molecule has 0 aliphatic carbocycles. The number of nitrogens with zero attached hydrogens (tertiary/aromatic N) is 3. The molecule has 2 amide bonds. The van der Waals surface area contributed by atoms with Gasteiger partial charge in [-0.15, -0.1) is 0 Å². The molecule has 0 saturated carbocycles. The highest BCUT2D eigenvalue weighted by Crippen LogP contribution is 2.08. The largest absolute Gasteiger partial charge is 0.465 e. The van der Waals surface area contributed by atoms with E-state index in [1.165, 1.54) is 4.90 Å². The summed E-state index contributed by atoms with van der Waals surface area (Å²) >= 11 is 0. The highest BCUT2D eigenvalue weighted by Gasteiger charge is 2.21. The van der Waals surface area contributed by atoms with E-state index in [4.69, 9.17) is 9.63 Å². The third-order valence-electron chi connectivity index (χ3n) is 2.90. The molecule has 1 saturated heterocycles. The fraction of sp³-hybridized carbons (Fsp3) is 0.545. The summed E-state index contributed by atoms with van der Waals surface area (Å²) in [6.45, 7) is 3.93. The molecular formula is C11H16N4O4. The molecule has 1 aliphatic rings. The molecule has 104 valence electrons. The standard InChI is InChI=1S/C11H16N4O4/c1-8-6-10(19-13-8)12-9(16)7-14-2-4-15(5-3-14)11(17)18/h6H,2-5,7H2,1H3,(H,12,16)(H,17,18). The predicted molar refractivity (Wildman–Crippen MR) is 65.9 cm³/mol. The molecule has 1 aliphatic heterocycles. The summed E-state index contributed by atoms with van der Waals surface area (Å²) in [5, 5.41) is 15.1. The van der Waals surface area contributed by atoms with Crippen LogP contribution in [-0.4, -0.2) is 64.8 Å². The molecule has 8 nitrogen and oxygen atoms in total. The second-order valence-corrected chi connectivity index (χ2v) is 4.43. The van der Waals surface area contributed by atoms with Crippen molar-refractivity contribution < 1.29 is 19.2 Å². The zero-order valence-corrected chi connectivity index (χ0v) is 10.6. The minimum absolute atomic E-state index is 0.195. The zero-order chi connectivity index (χ0) is 13.8. The molecule has 0 atom stereocenters. The number of carbonyl (C=O) groups is 2. The van der Waals surface area contributed by atoms with Crippen molar-refractivity contribution >= 4 is 17.9 Å². The second-order valence-electron chi connectivity index (χ2n) is 4.43. The van der Waals surface area contributed by atoms with Crippen LogP contribution >= 0.6 is 0 Å². The van der Waals surface area contributed by atoms with Crippen molar-refractivity contribution in [1.82, 2.24) is 15.0 Å². The number of anilines is 1. The highest BCUT2D eigenvalue weighted by atomic mass is 16.5. The Labute approximate surface area is 109 Å². The highest BCUT2D eigenvalue weighted by molar-refractivity contribution is 5.90. The second kappa shape index (κ2) is 5.70. The Morgan fingerprint density at radius 2 is 2.11 bits per heavy atom. The van der Waals surface area contributed by atoms with Crippen molar-refractivity contribution in [3.05, 3.63) is 11.8 Å². The minimum atomic E-state index is -0.916. The lowest BCUT2D eigenvalue weighted by Gasteiger charge is -2.32. The summed E-state index contributed by atoms with van der Waals surface area (Å²) in [7, 11) is 0. The predicted octanol–water partition coefficient (Wildman–Crippen LogP) is 0.217. The van der Waals surface area contributed by atoms with E-state index in [0.29, 0.717) is 37.8 Å². The van der Waals surface area contributed by atoms with E-state index in [9.17, 15) is 9.59 Å². The molecule has 0 spiro atoms. The third-order valence-corrected chi connectivity index (χ3v) is 2.90. The Bertz CT molecular complexity index is 465. The quantitative estimate of drug-likeness (QED) is 0.813. The zero-order valence-electron chi connectivity index (χ0n) is 10.6. The smallest absolute Gasteiger partial charge is 0.407 e. The van der Waals surface area contributed by atoms with Crippen LogP contribution in [0.15, 0.2) is 10.6 Å². The van der Waals surface area contributed by atoms with Crippen LogP contribution in [0.5, 0.6) is 0 Å². The number of piperazine rings is 1. The van der Waals surface area contributed by atoms with Gasteiger partial charge in [-0.05, 0) is 6.92 Å². The maximum absolute atomic E-state index is 11.7. The molecule has 0 radical (unpaired) electrons. The van der Waals surface area contributed by atoms with Crippen molar-refractivity contribution in [3.63, 3.8) is 0 Å². The van der Waals surface area contributed by atoms with Gasteiger partial charge in [0.2, 0.25) is 11.8 Å². The van der Waals surface area contributed by atoms with Crippen LogP contribution in [0.25, 0.3) is 0 Å². The van der Waals surface area contributed by atoms with Crippen LogP contribution in [0.3, 0.4) is 0 Å². The Balaban J connectivity index is 1.76. The molecule has 2 heterocycles. The average molecular weight is 268 g/mol. The van der Waals surface area contributed by atoms with Gasteiger partial charge in [0.15, 0.2) is 0 Å². The maximum atomic E-state index is 11.7. The van der Waals surface area contributed by atoms with Gasteiger partial charge in [0, 0.05) is 32.2 Å². The fourth-order valence-corrected chi connectivity index (χ4v) is 1.90. The number of aromatic nitrogens is 1. The van der Waals surface area contributed by atoms with Gasteiger partial charge in [-0.2, -0.15) is 0 Å². The number of carbonyl (C=O) groups excluding carboxylic acids is 1. The van der Waals surface area contributed by atoms with Crippen molar-refractivity contribution in [1.29, 1.82) is 0 Å². The van der Waals surface area contributed by atoms with Crippen LogP contribution < -0.4 is 5.32 Å². The molecule has 1 fully saturated rings. The third kappa shape index (κ3) is 3.68. The number of hydrogen-bond acceptors (Lipinski definition) is 5. The van der Waals surface area contributed by atoms with Crippen molar-refractivity contribution in [2.45, 2.75) is 6.92 Å². The lowest BCUT2D eigenvalue weighted by atomic mass is 10.3. The monoisotopic (exact) mass is 268 g/mol. The first kappa shape index (κ1) is 13.3. The lowest BCUT2D eigenvalue weighted by Crippen LogP contribution is -2.50. The summed E-state index contributed by atoms with van der Waals surface area (Å²) in [6.07, 6.45) is -0.916. The molecule has 2 rings (SSSR count). The molecule has 19 heavy (non-hydrogen) atoms. The summed E-state index contributed by atoms with van der Waals surface area (Å²) in [5.41, 5.74) is 0.699. The van der Waals surface area contributed by atoms with Gasteiger partial charge in [0.05, 0.1) is 12.2 Å². The average Bonchev–Trinajstić information content (AvgIpc) is 2.75. The summed E-state index contributed by atoms with van der Waals surface area (Å²) in [5.74, 6) is 0.131. The number of hydrogen-bond donors (Lipinski definition) is 2. The van der Waals surface area contributed by atoms with Gasteiger partial charge >= 0.3 is 6.09 Å². The molecule has 2 N–H and O–H groups in total. The van der Waals surface area contributed by atoms with E-state index in [1.54, 1.807) is 13.0 Å². The van der Waals surface area contributed by atoms with Crippen molar-refractivity contribution in [3.8, 4) is 0 Å². The van der Waals surface area contributed by atoms with Crippen LogP contribution in [-0.2, 0) is 4.79 Å². The molecule has 0 aromatic carbocycles. The molecule has 1 aromatic heterocycles. The van der Waals surface area contributed by atoms with E-state index in [-0.39, 0.29) is 12.5 Å². The lowest BCUT2D eigenvalue weighted by molar-refractivity contribution is -0.117. The number of aryl methyl sites for hydroxylation is 1. The fourth-order valence-electron chi connectivity index (χ4n) is 1.90. The van der Waals surface area contributed by atoms with E-state index in [2.05, 4.69) is 10.5 Å². The SMILES string of the molecule is Cc1cc(NC(=O)CN2CCN(C(=O)O)CC2)on1. The van der Waals surface area contributed by atoms with Crippen molar-refractivity contribution in [2.75, 3.05) is 38.0 Å². The Morgan fingerprint density at radius 1 is 1.42 bits per heavy atom. The summed E-state index contributed by atoms with van der Waals surface area (Å²) < 4.78 is 4.89. The molecule has 8 heteroatoms. The van der Waals surface area contributed by atoms with E-state index < -0.39 is 6.09 Å². The molecule has 1 aromatic rings. The van der Waals surface area contributed by atoms with Crippen LogP contribution in [0, 0.1) is 6.92 Å². The van der Waals surface area contributed by atoms with Crippen molar-refractivity contribution in [2.24, 2.45) is 0 Å². The van der Waals surface area contributed by atoms with Gasteiger partial charge in [0.1, 0.15) is 0 Å². The minimum Gasteiger partial charge on any atom is -0.465 e. The Kier molecular flexibility index (Phi) is 4.00. The van der Waals surface area contributed by atoms with Crippen LogP contribution in [0.1, 0.15) is 5.69 Å². The van der Waals surface area contributed by atoms with Gasteiger partial charge < -0.3 is 14.5 Å². The Hall–Kier alpha value is -2.09. The molecular weight excluding hydrogens is 252 g/mol. The maximum Gasteiger partial charge on any atom is 0.407 e. The number of amides is 2. The van der Waals surface area contributed by atoms with Gasteiger partial charge in [-0.3, -0.25) is 15.0 Å². The first-order chi connectivity index (χ1) is 9.04. The van der Waals surface area contributed by atoms with Crippen LogP contribution in [0.2, 0.25) is 0 Å². The van der Waals surface area contributed by atoms with Gasteiger partial charge in [-0.1, -0.05) is 5.16 Å². The number of nitrogens with one attached hydrogen (secondary N) is 1. The summed E-state index contributed by atoms with van der Waals surface area (Å²) in [6, 6.07) is 1.64. The van der Waals surface area contributed by atoms with E-state index in [0.717, 1.165) is 0 Å². The van der Waals surface area contributed by atoms with Gasteiger partial charge in [-0.25, -0.2) is 4.79 Å². The normalized spacial score (nSPS) is 16.4. The number of carboxylic acid groups (broad SMARTS) is 1.